The van der Waals surface area contributed by atoms with Gasteiger partial charge in [0.25, 0.3) is 5.91 Å². The molecule has 0 fully saturated rings. The molecule has 0 spiro atoms. The van der Waals surface area contributed by atoms with Crippen molar-refractivity contribution in [1.29, 1.82) is 0 Å². The number of aryl methyl sites for hydroxylation is 1. The van der Waals surface area contributed by atoms with Crippen LogP contribution in [-0.4, -0.2) is 26.3 Å². The van der Waals surface area contributed by atoms with Gasteiger partial charge in [-0.2, -0.15) is 0 Å². The molecule has 0 atom stereocenters. The quantitative estimate of drug-likeness (QED) is 0.865. The van der Waals surface area contributed by atoms with Crippen LogP contribution in [0.2, 0.25) is 0 Å². The molecule has 0 saturated heterocycles. The summed E-state index contributed by atoms with van der Waals surface area (Å²) in [6.07, 6.45) is 2.02. The van der Waals surface area contributed by atoms with Gasteiger partial charge in [-0.25, -0.2) is 0 Å². The Morgan fingerprint density at radius 1 is 1.10 bits per heavy atom. The lowest BCUT2D eigenvalue weighted by Crippen LogP contribution is -2.13. The van der Waals surface area contributed by atoms with Crippen LogP contribution in [0.1, 0.15) is 15.9 Å². The van der Waals surface area contributed by atoms with Crippen molar-refractivity contribution in [3.8, 4) is 0 Å². The topological polar surface area (TPSA) is 32.3 Å². The Hall–Kier alpha value is -1.94. The average Bonchev–Trinajstić information content (AvgIpc) is 2.49. The van der Waals surface area contributed by atoms with E-state index in [2.05, 4.69) is 11.4 Å². The van der Waals surface area contributed by atoms with Gasteiger partial charge < -0.3 is 10.2 Å². The zero-order chi connectivity index (χ0) is 15.4. The van der Waals surface area contributed by atoms with E-state index in [-0.39, 0.29) is 5.91 Å². The second kappa shape index (κ2) is 6.68. The maximum atomic E-state index is 12.3. The summed E-state index contributed by atoms with van der Waals surface area (Å²) in [7, 11) is 4.00. The standard InChI is InChI=1S/C17H20N2OS/c1-12-11-14(19(2)3)7-10-16(12)18-17(20)13-5-8-15(21-4)9-6-13/h5-11H,1-4H3,(H,18,20). The molecule has 0 heterocycles. The molecule has 21 heavy (non-hydrogen) atoms. The van der Waals surface area contributed by atoms with E-state index >= 15 is 0 Å². The van der Waals surface area contributed by atoms with Crippen LogP contribution in [0, 0.1) is 6.92 Å². The van der Waals surface area contributed by atoms with Gasteiger partial charge in [-0.1, -0.05) is 0 Å². The molecule has 0 radical (unpaired) electrons. The van der Waals surface area contributed by atoms with Crippen molar-refractivity contribution in [2.24, 2.45) is 0 Å². The van der Waals surface area contributed by atoms with Gasteiger partial charge in [0.1, 0.15) is 0 Å². The Bertz CT molecular complexity index is 636. The fourth-order valence-electron chi connectivity index (χ4n) is 2.00. The lowest BCUT2D eigenvalue weighted by Gasteiger charge is -2.15. The van der Waals surface area contributed by atoms with Crippen LogP contribution in [0.15, 0.2) is 47.4 Å². The maximum Gasteiger partial charge on any atom is 0.255 e. The first-order valence-electron chi connectivity index (χ1n) is 6.74. The zero-order valence-electron chi connectivity index (χ0n) is 12.8. The van der Waals surface area contributed by atoms with Gasteiger partial charge in [-0.15, -0.1) is 11.8 Å². The number of nitrogens with zero attached hydrogens (tertiary/aromatic N) is 1. The van der Waals surface area contributed by atoms with Crippen molar-refractivity contribution in [3.63, 3.8) is 0 Å². The van der Waals surface area contributed by atoms with Gasteiger partial charge in [-0.3, -0.25) is 4.79 Å². The van der Waals surface area contributed by atoms with Crippen molar-refractivity contribution >= 4 is 29.0 Å². The van der Waals surface area contributed by atoms with Gasteiger partial charge in [0.05, 0.1) is 0 Å². The molecule has 0 unspecified atom stereocenters. The molecule has 2 rings (SSSR count). The van der Waals surface area contributed by atoms with Crippen LogP contribution < -0.4 is 10.2 Å². The second-order valence-electron chi connectivity index (χ2n) is 5.08. The summed E-state index contributed by atoms with van der Waals surface area (Å²) in [5.41, 5.74) is 3.69. The van der Waals surface area contributed by atoms with E-state index in [1.54, 1.807) is 11.8 Å². The monoisotopic (exact) mass is 300 g/mol. The number of anilines is 2. The number of nitrogens with one attached hydrogen (secondary N) is 1. The van der Waals surface area contributed by atoms with Crippen molar-refractivity contribution in [2.45, 2.75) is 11.8 Å². The smallest absolute Gasteiger partial charge is 0.255 e. The van der Waals surface area contributed by atoms with Crippen LogP contribution in [0.3, 0.4) is 0 Å². The molecular weight excluding hydrogens is 280 g/mol. The Morgan fingerprint density at radius 2 is 1.76 bits per heavy atom. The summed E-state index contributed by atoms with van der Waals surface area (Å²) in [6, 6.07) is 13.6. The number of carbonyl (C=O) groups excluding carboxylic acids is 1. The number of hydrogen-bond donors (Lipinski definition) is 1. The fourth-order valence-corrected chi connectivity index (χ4v) is 2.41. The molecule has 1 amide bonds. The zero-order valence-corrected chi connectivity index (χ0v) is 13.6. The van der Waals surface area contributed by atoms with E-state index in [1.807, 2.05) is 68.6 Å². The summed E-state index contributed by atoms with van der Waals surface area (Å²) in [4.78, 5) is 15.4. The van der Waals surface area contributed by atoms with Crippen molar-refractivity contribution in [1.82, 2.24) is 0 Å². The molecule has 1 N–H and O–H groups in total. The van der Waals surface area contributed by atoms with Gasteiger partial charge in [0.2, 0.25) is 0 Å². The fraction of sp³-hybridized carbons (Fsp3) is 0.235. The third kappa shape index (κ3) is 3.79. The predicted molar refractivity (Wildman–Crippen MR) is 91.7 cm³/mol. The number of benzene rings is 2. The minimum atomic E-state index is -0.0802. The number of amides is 1. The average molecular weight is 300 g/mol. The molecule has 3 nitrogen and oxygen atoms in total. The van der Waals surface area contributed by atoms with Crippen LogP contribution >= 0.6 is 11.8 Å². The third-order valence-electron chi connectivity index (χ3n) is 3.33. The van der Waals surface area contributed by atoms with E-state index in [4.69, 9.17) is 0 Å². The largest absolute Gasteiger partial charge is 0.378 e. The number of hydrogen-bond acceptors (Lipinski definition) is 3. The highest BCUT2D eigenvalue weighted by Gasteiger charge is 2.08. The minimum absolute atomic E-state index is 0.0802. The molecule has 0 bridgehead atoms. The maximum absolute atomic E-state index is 12.3. The Morgan fingerprint density at radius 3 is 2.29 bits per heavy atom. The molecule has 0 aromatic heterocycles. The van der Waals surface area contributed by atoms with Crippen LogP contribution in [0.4, 0.5) is 11.4 Å². The molecule has 4 heteroatoms. The molecular formula is C17H20N2OS. The molecule has 2 aromatic rings. The predicted octanol–water partition coefficient (Wildman–Crippen LogP) is 4.04. The third-order valence-corrected chi connectivity index (χ3v) is 4.07. The number of carbonyl (C=O) groups is 1. The number of thioether (sulfide) groups is 1. The molecule has 0 aliphatic heterocycles. The first kappa shape index (κ1) is 15.4. The normalized spacial score (nSPS) is 10.3. The Kier molecular flexibility index (Phi) is 4.91. The SMILES string of the molecule is CSc1ccc(C(=O)Nc2ccc(N(C)C)cc2C)cc1. The van der Waals surface area contributed by atoms with E-state index in [1.165, 1.54) is 0 Å². The van der Waals surface area contributed by atoms with Gasteiger partial charge in [0.15, 0.2) is 0 Å². The number of rotatable bonds is 4. The van der Waals surface area contributed by atoms with E-state index in [9.17, 15) is 4.79 Å². The minimum Gasteiger partial charge on any atom is -0.378 e. The van der Waals surface area contributed by atoms with E-state index in [0.717, 1.165) is 21.8 Å². The summed E-state index contributed by atoms with van der Waals surface area (Å²) >= 11 is 1.66. The summed E-state index contributed by atoms with van der Waals surface area (Å²) in [6.45, 7) is 2.00. The molecule has 0 saturated carbocycles. The highest BCUT2D eigenvalue weighted by atomic mass is 32.2. The van der Waals surface area contributed by atoms with Crippen LogP contribution in [-0.2, 0) is 0 Å². The van der Waals surface area contributed by atoms with Gasteiger partial charge in [0, 0.05) is 35.9 Å². The lowest BCUT2D eigenvalue weighted by atomic mass is 10.1. The highest BCUT2D eigenvalue weighted by molar-refractivity contribution is 7.98. The first-order chi connectivity index (χ1) is 10.0. The van der Waals surface area contributed by atoms with Gasteiger partial charge >= 0.3 is 0 Å². The second-order valence-corrected chi connectivity index (χ2v) is 5.96. The summed E-state index contributed by atoms with van der Waals surface area (Å²) < 4.78 is 0. The Balaban J connectivity index is 2.15. The van der Waals surface area contributed by atoms with E-state index in [0.29, 0.717) is 5.56 Å². The first-order valence-corrected chi connectivity index (χ1v) is 7.97. The highest BCUT2D eigenvalue weighted by Crippen LogP contribution is 2.22. The molecule has 0 aliphatic rings. The molecule has 2 aromatic carbocycles. The van der Waals surface area contributed by atoms with E-state index < -0.39 is 0 Å². The van der Waals surface area contributed by atoms with Crippen LogP contribution in [0.5, 0.6) is 0 Å². The van der Waals surface area contributed by atoms with Crippen molar-refractivity contribution in [3.05, 3.63) is 53.6 Å². The summed E-state index contributed by atoms with van der Waals surface area (Å²) in [5, 5.41) is 2.97. The lowest BCUT2D eigenvalue weighted by molar-refractivity contribution is 0.102. The molecule has 110 valence electrons. The van der Waals surface area contributed by atoms with Crippen molar-refractivity contribution < 1.29 is 4.79 Å². The van der Waals surface area contributed by atoms with Crippen LogP contribution in [0.25, 0.3) is 0 Å². The molecule has 0 aliphatic carbocycles. The summed E-state index contributed by atoms with van der Waals surface area (Å²) in [5.74, 6) is -0.0802. The Labute approximate surface area is 130 Å². The van der Waals surface area contributed by atoms with Crippen molar-refractivity contribution in [2.75, 3.05) is 30.6 Å². The van der Waals surface area contributed by atoms with Gasteiger partial charge in [-0.05, 0) is 61.2 Å².